The number of aromatic hydroxyl groups is 1. The Kier molecular flexibility index (Phi) is 5.05. The van der Waals surface area contributed by atoms with E-state index in [2.05, 4.69) is 6.92 Å². The van der Waals surface area contributed by atoms with Crippen molar-refractivity contribution in [3.63, 3.8) is 0 Å². The van der Waals surface area contributed by atoms with Gasteiger partial charge in [0.1, 0.15) is 5.75 Å². The minimum atomic E-state index is 0.188. The van der Waals surface area contributed by atoms with Crippen molar-refractivity contribution in [2.45, 2.75) is 51.5 Å². The van der Waals surface area contributed by atoms with Crippen molar-refractivity contribution in [2.75, 3.05) is 7.05 Å². The summed E-state index contributed by atoms with van der Waals surface area (Å²) in [6.07, 6.45) is 5.78. The second-order valence-corrected chi connectivity index (χ2v) is 6.05. The molecule has 0 spiro atoms. The zero-order valence-corrected chi connectivity index (χ0v) is 12.5. The molecule has 1 aliphatic rings. The van der Waals surface area contributed by atoms with Gasteiger partial charge in [-0.05, 0) is 49.7 Å². The van der Waals surface area contributed by atoms with Gasteiger partial charge < -0.3 is 10.0 Å². The van der Waals surface area contributed by atoms with E-state index in [0.29, 0.717) is 18.9 Å². The van der Waals surface area contributed by atoms with Gasteiger partial charge in [0.15, 0.2) is 0 Å². The molecule has 0 heterocycles. The van der Waals surface area contributed by atoms with E-state index >= 15 is 0 Å². The molecule has 0 aromatic heterocycles. The first-order valence-corrected chi connectivity index (χ1v) is 7.60. The van der Waals surface area contributed by atoms with Crippen LogP contribution >= 0.6 is 0 Å². The number of amides is 1. The van der Waals surface area contributed by atoms with Crippen LogP contribution in [0.2, 0.25) is 0 Å². The SMILES string of the molecule is CC1CCC(N(C)C(=O)CCc2ccccc2O)CC1. The summed E-state index contributed by atoms with van der Waals surface area (Å²) in [6, 6.07) is 7.65. The lowest BCUT2D eigenvalue weighted by atomic mass is 9.86. The number of aryl methyl sites for hydroxylation is 1. The first-order chi connectivity index (χ1) is 9.58. The molecule has 0 atom stereocenters. The normalized spacial score (nSPS) is 22.5. The van der Waals surface area contributed by atoms with E-state index in [-0.39, 0.29) is 11.7 Å². The second-order valence-electron chi connectivity index (χ2n) is 6.05. The third-order valence-corrected chi connectivity index (χ3v) is 4.53. The lowest BCUT2D eigenvalue weighted by Crippen LogP contribution is -2.39. The molecule has 2 rings (SSSR count). The standard InChI is InChI=1S/C17H25NO2/c1-13-7-10-15(11-8-13)18(2)17(20)12-9-14-5-3-4-6-16(14)19/h3-6,13,15,19H,7-12H2,1-2H3. The summed E-state index contributed by atoms with van der Waals surface area (Å²) in [6.45, 7) is 2.29. The van der Waals surface area contributed by atoms with Gasteiger partial charge >= 0.3 is 0 Å². The monoisotopic (exact) mass is 275 g/mol. The molecule has 1 amide bonds. The number of phenols is 1. The van der Waals surface area contributed by atoms with Gasteiger partial charge in [0.2, 0.25) is 5.91 Å². The quantitative estimate of drug-likeness (QED) is 0.915. The van der Waals surface area contributed by atoms with Crippen LogP contribution in [0, 0.1) is 5.92 Å². The Morgan fingerprint density at radius 1 is 1.25 bits per heavy atom. The Bertz CT molecular complexity index is 450. The molecule has 3 heteroatoms. The first kappa shape index (κ1) is 14.9. The van der Waals surface area contributed by atoms with Gasteiger partial charge in [-0.2, -0.15) is 0 Å². The minimum Gasteiger partial charge on any atom is -0.508 e. The van der Waals surface area contributed by atoms with Crippen LogP contribution < -0.4 is 0 Å². The van der Waals surface area contributed by atoms with Crippen LogP contribution in [0.15, 0.2) is 24.3 Å². The molecule has 0 aliphatic heterocycles. The van der Waals surface area contributed by atoms with E-state index in [1.54, 1.807) is 12.1 Å². The minimum absolute atomic E-state index is 0.188. The van der Waals surface area contributed by atoms with Gasteiger partial charge in [0.05, 0.1) is 0 Å². The second kappa shape index (κ2) is 6.78. The van der Waals surface area contributed by atoms with Gasteiger partial charge in [0.25, 0.3) is 0 Å². The molecule has 20 heavy (non-hydrogen) atoms. The summed E-state index contributed by atoms with van der Waals surface area (Å²) in [5, 5.41) is 9.71. The van der Waals surface area contributed by atoms with E-state index in [0.717, 1.165) is 24.3 Å². The Labute approximate surface area is 121 Å². The molecule has 110 valence electrons. The maximum absolute atomic E-state index is 12.3. The van der Waals surface area contributed by atoms with Crippen LogP contribution in [0.1, 0.15) is 44.6 Å². The van der Waals surface area contributed by atoms with Crippen molar-refractivity contribution in [2.24, 2.45) is 5.92 Å². The zero-order chi connectivity index (χ0) is 14.5. The largest absolute Gasteiger partial charge is 0.508 e. The summed E-state index contributed by atoms with van der Waals surface area (Å²) in [5.74, 6) is 1.28. The van der Waals surface area contributed by atoms with Crippen molar-refractivity contribution < 1.29 is 9.90 Å². The van der Waals surface area contributed by atoms with E-state index in [4.69, 9.17) is 0 Å². The molecule has 3 nitrogen and oxygen atoms in total. The highest BCUT2D eigenvalue weighted by Gasteiger charge is 2.24. The molecule has 1 aromatic carbocycles. The Balaban J connectivity index is 1.84. The average molecular weight is 275 g/mol. The fourth-order valence-electron chi connectivity index (χ4n) is 2.97. The Morgan fingerprint density at radius 3 is 2.55 bits per heavy atom. The van der Waals surface area contributed by atoms with Crippen molar-refractivity contribution >= 4 is 5.91 Å². The number of carbonyl (C=O) groups is 1. The molecule has 1 aromatic rings. The van der Waals surface area contributed by atoms with Crippen molar-refractivity contribution in [1.82, 2.24) is 4.90 Å². The van der Waals surface area contributed by atoms with E-state index < -0.39 is 0 Å². The van der Waals surface area contributed by atoms with Crippen LogP contribution in [0.4, 0.5) is 0 Å². The molecule has 1 aliphatic carbocycles. The highest BCUT2D eigenvalue weighted by Crippen LogP contribution is 2.27. The van der Waals surface area contributed by atoms with Crippen LogP contribution in [0.25, 0.3) is 0 Å². The van der Waals surface area contributed by atoms with Crippen LogP contribution in [-0.2, 0) is 11.2 Å². The van der Waals surface area contributed by atoms with Crippen molar-refractivity contribution in [1.29, 1.82) is 0 Å². The predicted molar refractivity (Wildman–Crippen MR) is 80.6 cm³/mol. The molecular formula is C17H25NO2. The van der Waals surface area contributed by atoms with Gasteiger partial charge in [0, 0.05) is 19.5 Å². The number of hydrogen-bond donors (Lipinski definition) is 1. The molecular weight excluding hydrogens is 250 g/mol. The highest BCUT2D eigenvalue weighted by molar-refractivity contribution is 5.76. The van der Waals surface area contributed by atoms with Crippen LogP contribution in [0.5, 0.6) is 5.75 Å². The van der Waals surface area contributed by atoms with Gasteiger partial charge in [-0.25, -0.2) is 0 Å². The third-order valence-electron chi connectivity index (χ3n) is 4.53. The Morgan fingerprint density at radius 2 is 1.90 bits per heavy atom. The molecule has 0 radical (unpaired) electrons. The summed E-state index contributed by atoms with van der Waals surface area (Å²) < 4.78 is 0. The molecule has 0 unspecified atom stereocenters. The highest BCUT2D eigenvalue weighted by atomic mass is 16.3. The first-order valence-electron chi connectivity index (χ1n) is 7.60. The summed E-state index contributed by atoms with van der Waals surface area (Å²) >= 11 is 0. The van der Waals surface area contributed by atoms with Gasteiger partial charge in [-0.15, -0.1) is 0 Å². The number of benzene rings is 1. The topological polar surface area (TPSA) is 40.5 Å². The number of rotatable bonds is 4. The lowest BCUT2D eigenvalue weighted by Gasteiger charge is -2.33. The maximum atomic E-state index is 12.3. The molecule has 1 fully saturated rings. The van der Waals surface area contributed by atoms with Gasteiger partial charge in [-0.3, -0.25) is 4.79 Å². The summed E-state index contributed by atoms with van der Waals surface area (Å²) in [4.78, 5) is 14.2. The molecule has 0 bridgehead atoms. The van der Waals surface area contributed by atoms with Crippen LogP contribution in [-0.4, -0.2) is 29.0 Å². The fourth-order valence-corrected chi connectivity index (χ4v) is 2.97. The summed E-state index contributed by atoms with van der Waals surface area (Å²) in [7, 11) is 1.92. The number of hydrogen-bond acceptors (Lipinski definition) is 2. The number of phenolic OH excluding ortho intramolecular Hbond substituents is 1. The smallest absolute Gasteiger partial charge is 0.222 e. The maximum Gasteiger partial charge on any atom is 0.222 e. The average Bonchev–Trinajstić information content (AvgIpc) is 2.46. The zero-order valence-electron chi connectivity index (χ0n) is 12.5. The lowest BCUT2D eigenvalue weighted by molar-refractivity contribution is -0.132. The molecule has 1 saturated carbocycles. The van der Waals surface area contributed by atoms with E-state index in [9.17, 15) is 9.90 Å². The number of nitrogens with zero attached hydrogens (tertiary/aromatic N) is 1. The van der Waals surface area contributed by atoms with Crippen LogP contribution in [0.3, 0.4) is 0 Å². The molecule has 0 saturated heterocycles. The predicted octanol–water partition coefficient (Wildman–Crippen LogP) is 3.36. The van der Waals surface area contributed by atoms with E-state index in [1.807, 2.05) is 24.1 Å². The Hall–Kier alpha value is -1.51. The van der Waals surface area contributed by atoms with Crippen molar-refractivity contribution in [3.8, 4) is 5.75 Å². The number of para-hydroxylation sites is 1. The third kappa shape index (κ3) is 3.75. The fraction of sp³-hybridized carbons (Fsp3) is 0.588. The van der Waals surface area contributed by atoms with Gasteiger partial charge in [-0.1, -0.05) is 25.1 Å². The number of carbonyl (C=O) groups excluding carboxylic acids is 1. The van der Waals surface area contributed by atoms with E-state index in [1.165, 1.54) is 12.8 Å². The summed E-state index contributed by atoms with van der Waals surface area (Å²) in [5.41, 5.74) is 0.853. The van der Waals surface area contributed by atoms with Crippen molar-refractivity contribution in [3.05, 3.63) is 29.8 Å². The molecule has 1 N–H and O–H groups in total.